The summed E-state index contributed by atoms with van der Waals surface area (Å²) in [7, 11) is 0. The van der Waals surface area contributed by atoms with E-state index in [1.807, 2.05) is 6.07 Å². The average molecular weight is 248 g/mol. The summed E-state index contributed by atoms with van der Waals surface area (Å²) in [6, 6.07) is 8.28. The Morgan fingerprint density at radius 2 is 1.72 bits per heavy atom. The van der Waals surface area contributed by atoms with Gasteiger partial charge in [-0.25, -0.2) is 0 Å². The topological polar surface area (TPSA) is 29.3 Å². The van der Waals surface area contributed by atoms with Gasteiger partial charge in [0.15, 0.2) is 0 Å². The van der Waals surface area contributed by atoms with E-state index in [2.05, 4.69) is 36.9 Å². The molecule has 1 rings (SSSR count). The van der Waals surface area contributed by atoms with Crippen LogP contribution in [0.4, 0.5) is 5.69 Å². The number of benzene rings is 1. The Labute approximate surface area is 112 Å². The summed E-state index contributed by atoms with van der Waals surface area (Å²) in [5.41, 5.74) is 8.05. The Balaban J connectivity index is 2.48. The molecule has 2 heteroatoms. The molecule has 2 N–H and O–H groups in total. The van der Waals surface area contributed by atoms with E-state index in [4.69, 9.17) is 5.73 Å². The van der Waals surface area contributed by atoms with E-state index in [9.17, 15) is 0 Å². The number of hydrogen-bond acceptors (Lipinski definition) is 2. The van der Waals surface area contributed by atoms with Crippen molar-refractivity contribution in [1.29, 1.82) is 0 Å². The van der Waals surface area contributed by atoms with E-state index in [1.165, 1.54) is 50.8 Å². The van der Waals surface area contributed by atoms with Crippen LogP contribution in [0.3, 0.4) is 0 Å². The Hall–Kier alpha value is -1.02. The first-order valence-electron chi connectivity index (χ1n) is 7.33. The molecule has 0 aliphatic carbocycles. The van der Waals surface area contributed by atoms with Gasteiger partial charge in [-0.1, -0.05) is 45.2 Å². The standard InChI is InChI=1S/C16H28N2/c1-3-5-7-12-18(11-6-4-2)14-15-9-8-10-16(17)13-15/h8-10,13H,3-7,11-12,14,17H2,1-2H3. The molecule has 2 nitrogen and oxygen atoms in total. The van der Waals surface area contributed by atoms with Crippen molar-refractivity contribution in [2.75, 3.05) is 18.8 Å². The van der Waals surface area contributed by atoms with Gasteiger partial charge >= 0.3 is 0 Å². The maximum Gasteiger partial charge on any atom is 0.0317 e. The van der Waals surface area contributed by atoms with Crippen molar-refractivity contribution in [3.05, 3.63) is 29.8 Å². The summed E-state index contributed by atoms with van der Waals surface area (Å²) >= 11 is 0. The summed E-state index contributed by atoms with van der Waals surface area (Å²) < 4.78 is 0. The largest absolute Gasteiger partial charge is 0.399 e. The predicted molar refractivity (Wildman–Crippen MR) is 80.6 cm³/mol. The molecule has 0 amide bonds. The summed E-state index contributed by atoms with van der Waals surface area (Å²) in [5, 5.41) is 0. The van der Waals surface area contributed by atoms with E-state index in [0.29, 0.717) is 0 Å². The highest BCUT2D eigenvalue weighted by Gasteiger charge is 2.05. The number of nitrogens with zero attached hydrogens (tertiary/aromatic N) is 1. The molecule has 0 unspecified atom stereocenters. The normalized spacial score (nSPS) is 11.1. The third-order valence-electron chi connectivity index (χ3n) is 3.26. The van der Waals surface area contributed by atoms with Gasteiger partial charge in [0, 0.05) is 12.2 Å². The highest BCUT2D eigenvalue weighted by atomic mass is 15.1. The molecule has 0 saturated heterocycles. The van der Waals surface area contributed by atoms with Crippen LogP contribution < -0.4 is 5.73 Å². The second-order valence-electron chi connectivity index (χ2n) is 5.08. The SMILES string of the molecule is CCCCCN(CCCC)Cc1cccc(N)c1. The van der Waals surface area contributed by atoms with E-state index < -0.39 is 0 Å². The van der Waals surface area contributed by atoms with Crippen molar-refractivity contribution in [2.24, 2.45) is 0 Å². The monoisotopic (exact) mass is 248 g/mol. The lowest BCUT2D eigenvalue weighted by Gasteiger charge is -2.22. The van der Waals surface area contributed by atoms with Crippen molar-refractivity contribution >= 4 is 5.69 Å². The predicted octanol–water partition coefficient (Wildman–Crippen LogP) is 4.06. The van der Waals surface area contributed by atoms with Crippen molar-refractivity contribution in [3.8, 4) is 0 Å². The third-order valence-corrected chi connectivity index (χ3v) is 3.26. The van der Waals surface area contributed by atoms with Gasteiger partial charge in [-0.2, -0.15) is 0 Å². The first kappa shape index (κ1) is 15.0. The van der Waals surface area contributed by atoms with E-state index in [1.54, 1.807) is 0 Å². The first-order valence-corrected chi connectivity index (χ1v) is 7.33. The lowest BCUT2D eigenvalue weighted by molar-refractivity contribution is 0.255. The molecule has 0 spiro atoms. The number of nitrogens with two attached hydrogens (primary N) is 1. The Morgan fingerprint density at radius 3 is 2.39 bits per heavy atom. The second-order valence-corrected chi connectivity index (χ2v) is 5.08. The minimum Gasteiger partial charge on any atom is -0.399 e. The fourth-order valence-electron chi connectivity index (χ4n) is 2.19. The van der Waals surface area contributed by atoms with Crippen molar-refractivity contribution in [2.45, 2.75) is 52.5 Å². The molecule has 0 aromatic heterocycles. The summed E-state index contributed by atoms with van der Waals surface area (Å²) in [4.78, 5) is 2.56. The van der Waals surface area contributed by atoms with Crippen LogP contribution in [0.2, 0.25) is 0 Å². The van der Waals surface area contributed by atoms with Crippen LogP contribution in [0.25, 0.3) is 0 Å². The number of unbranched alkanes of at least 4 members (excludes halogenated alkanes) is 3. The van der Waals surface area contributed by atoms with Crippen LogP contribution in [-0.4, -0.2) is 18.0 Å². The minimum absolute atomic E-state index is 0.872. The molecule has 0 fully saturated rings. The molecule has 0 radical (unpaired) electrons. The van der Waals surface area contributed by atoms with Gasteiger partial charge in [-0.05, 0) is 43.6 Å². The lowest BCUT2D eigenvalue weighted by atomic mass is 10.1. The highest BCUT2D eigenvalue weighted by Crippen LogP contribution is 2.11. The number of anilines is 1. The van der Waals surface area contributed by atoms with Gasteiger partial charge in [-0.3, -0.25) is 4.90 Å². The van der Waals surface area contributed by atoms with E-state index in [-0.39, 0.29) is 0 Å². The summed E-state index contributed by atoms with van der Waals surface area (Å²) in [6.07, 6.45) is 6.48. The second kappa shape index (κ2) is 8.98. The molecule has 18 heavy (non-hydrogen) atoms. The Morgan fingerprint density at radius 1 is 1.00 bits per heavy atom. The summed E-state index contributed by atoms with van der Waals surface area (Å²) in [5.74, 6) is 0. The molecule has 0 heterocycles. The molecule has 0 aliphatic rings. The van der Waals surface area contributed by atoms with Crippen LogP contribution in [0.15, 0.2) is 24.3 Å². The molecule has 0 bridgehead atoms. The van der Waals surface area contributed by atoms with Gasteiger partial charge < -0.3 is 5.73 Å². The Kier molecular flexibility index (Phi) is 7.51. The maximum absolute atomic E-state index is 5.84. The zero-order valence-corrected chi connectivity index (χ0v) is 12.0. The highest BCUT2D eigenvalue weighted by molar-refractivity contribution is 5.40. The molecule has 1 aromatic rings. The van der Waals surface area contributed by atoms with Gasteiger partial charge in [-0.15, -0.1) is 0 Å². The summed E-state index contributed by atoms with van der Waals surface area (Å²) in [6.45, 7) is 7.96. The maximum atomic E-state index is 5.84. The van der Waals surface area contributed by atoms with Crippen LogP contribution in [0.5, 0.6) is 0 Å². The Bertz CT molecular complexity index is 323. The molecule has 0 atom stereocenters. The van der Waals surface area contributed by atoms with Crippen LogP contribution in [-0.2, 0) is 6.54 Å². The molecule has 0 saturated carbocycles. The fraction of sp³-hybridized carbons (Fsp3) is 0.625. The van der Waals surface area contributed by atoms with Crippen LogP contribution in [0.1, 0.15) is 51.5 Å². The van der Waals surface area contributed by atoms with Crippen LogP contribution >= 0.6 is 0 Å². The molecular weight excluding hydrogens is 220 g/mol. The molecular formula is C16H28N2. The van der Waals surface area contributed by atoms with Gasteiger partial charge in [0.1, 0.15) is 0 Å². The van der Waals surface area contributed by atoms with Crippen molar-refractivity contribution < 1.29 is 0 Å². The zero-order valence-electron chi connectivity index (χ0n) is 12.0. The average Bonchev–Trinajstić information content (AvgIpc) is 2.36. The fourth-order valence-corrected chi connectivity index (χ4v) is 2.19. The number of hydrogen-bond donors (Lipinski definition) is 1. The van der Waals surface area contributed by atoms with Gasteiger partial charge in [0.05, 0.1) is 0 Å². The zero-order chi connectivity index (χ0) is 13.2. The minimum atomic E-state index is 0.872. The number of nitrogen functional groups attached to an aromatic ring is 1. The van der Waals surface area contributed by atoms with Crippen LogP contribution in [0, 0.1) is 0 Å². The van der Waals surface area contributed by atoms with E-state index >= 15 is 0 Å². The van der Waals surface area contributed by atoms with Gasteiger partial charge in [0.2, 0.25) is 0 Å². The molecule has 102 valence electrons. The lowest BCUT2D eigenvalue weighted by Crippen LogP contribution is -2.25. The smallest absolute Gasteiger partial charge is 0.0317 e. The van der Waals surface area contributed by atoms with Crippen molar-refractivity contribution in [3.63, 3.8) is 0 Å². The molecule has 0 aliphatic heterocycles. The quantitative estimate of drug-likeness (QED) is 0.527. The first-order chi connectivity index (χ1) is 8.76. The van der Waals surface area contributed by atoms with E-state index in [0.717, 1.165) is 12.2 Å². The van der Waals surface area contributed by atoms with Gasteiger partial charge in [0.25, 0.3) is 0 Å². The number of rotatable bonds is 9. The van der Waals surface area contributed by atoms with Crippen molar-refractivity contribution in [1.82, 2.24) is 4.90 Å². The third kappa shape index (κ3) is 6.06. The molecule has 1 aromatic carbocycles.